The van der Waals surface area contributed by atoms with E-state index in [0.717, 1.165) is 35.7 Å². The quantitative estimate of drug-likeness (QED) is 0.849. The Balaban J connectivity index is 2.45. The van der Waals surface area contributed by atoms with Gasteiger partial charge in [0.2, 0.25) is 0 Å². The zero-order valence-corrected chi connectivity index (χ0v) is 11.9. The van der Waals surface area contributed by atoms with E-state index < -0.39 is 0 Å². The van der Waals surface area contributed by atoms with Crippen LogP contribution in [0.1, 0.15) is 19.2 Å². The average Bonchev–Trinajstić information content (AvgIpc) is 2.77. The first-order chi connectivity index (χ1) is 9.71. The van der Waals surface area contributed by atoms with Gasteiger partial charge in [-0.1, -0.05) is 12.8 Å². The standard InChI is InChI=1S/C16H19N3O/c1-4-6-14-18-15(16(17)19(14)11-5-2)12-7-9-13(20-3)10-8-12/h2,7-10H,4,6,11,17H2,1,3H3. The summed E-state index contributed by atoms with van der Waals surface area (Å²) in [4.78, 5) is 4.65. The summed E-state index contributed by atoms with van der Waals surface area (Å²) in [5.41, 5.74) is 7.95. The van der Waals surface area contributed by atoms with Crippen LogP contribution in [0.2, 0.25) is 0 Å². The van der Waals surface area contributed by atoms with Crippen LogP contribution < -0.4 is 10.5 Å². The van der Waals surface area contributed by atoms with E-state index in [1.54, 1.807) is 7.11 Å². The fraction of sp³-hybridized carbons (Fsp3) is 0.312. The summed E-state index contributed by atoms with van der Waals surface area (Å²) in [6.07, 6.45) is 7.28. The smallest absolute Gasteiger partial charge is 0.132 e. The number of nitrogen functional groups attached to an aromatic ring is 1. The summed E-state index contributed by atoms with van der Waals surface area (Å²) in [6, 6.07) is 7.70. The zero-order valence-electron chi connectivity index (χ0n) is 11.9. The molecule has 0 saturated carbocycles. The van der Waals surface area contributed by atoms with Crippen molar-refractivity contribution in [2.75, 3.05) is 12.8 Å². The predicted molar refractivity (Wildman–Crippen MR) is 81.5 cm³/mol. The summed E-state index contributed by atoms with van der Waals surface area (Å²) < 4.78 is 7.06. The van der Waals surface area contributed by atoms with Gasteiger partial charge in [-0.15, -0.1) is 6.42 Å². The van der Waals surface area contributed by atoms with Gasteiger partial charge in [-0.25, -0.2) is 4.98 Å². The molecule has 0 aliphatic rings. The first-order valence-corrected chi connectivity index (χ1v) is 6.64. The van der Waals surface area contributed by atoms with Gasteiger partial charge in [-0.3, -0.25) is 0 Å². The minimum Gasteiger partial charge on any atom is -0.497 e. The highest BCUT2D eigenvalue weighted by molar-refractivity contribution is 5.71. The molecule has 0 unspecified atom stereocenters. The molecule has 0 aliphatic heterocycles. The Kier molecular flexibility index (Phi) is 4.31. The maximum absolute atomic E-state index is 6.20. The lowest BCUT2D eigenvalue weighted by Crippen LogP contribution is -2.06. The molecule has 4 heteroatoms. The second-order valence-corrected chi connectivity index (χ2v) is 4.53. The number of nitrogens with two attached hydrogens (primary N) is 1. The van der Waals surface area contributed by atoms with E-state index in [-0.39, 0.29) is 0 Å². The molecular formula is C16H19N3O. The molecular weight excluding hydrogens is 250 g/mol. The third-order valence-corrected chi connectivity index (χ3v) is 3.17. The second kappa shape index (κ2) is 6.16. The molecule has 1 aromatic carbocycles. The van der Waals surface area contributed by atoms with Crippen molar-refractivity contribution in [3.05, 3.63) is 30.1 Å². The van der Waals surface area contributed by atoms with E-state index in [2.05, 4.69) is 17.8 Å². The maximum Gasteiger partial charge on any atom is 0.132 e. The summed E-state index contributed by atoms with van der Waals surface area (Å²) in [7, 11) is 1.64. The van der Waals surface area contributed by atoms with Crippen LogP contribution in [0.4, 0.5) is 5.82 Å². The monoisotopic (exact) mass is 269 g/mol. The Hall–Kier alpha value is -2.41. The Morgan fingerprint density at radius 3 is 2.60 bits per heavy atom. The minimum atomic E-state index is 0.449. The number of nitrogens with zero attached hydrogens (tertiary/aromatic N) is 2. The number of rotatable bonds is 5. The van der Waals surface area contributed by atoms with Gasteiger partial charge in [0.1, 0.15) is 23.1 Å². The van der Waals surface area contributed by atoms with Gasteiger partial charge in [0.05, 0.1) is 13.7 Å². The maximum atomic E-state index is 6.20. The molecule has 0 aliphatic carbocycles. The molecule has 0 radical (unpaired) electrons. The first-order valence-electron chi connectivity index (χ1n) is 6.64. The molecule has 20 heavy (non-hydrogen) atoms. The Morgan fingerprint density at radius 2 is 2.05 bits per heavy atom. The summed E-state index contributed by atoms with van der Waals surface area (Å²) >= 11 is 0. The van der Waals surface area contributed by atoms with E-state index >= 15 is 0 Å². The van der Waals surface area contributed by atoms with Crippen molar-refractivity contribution in [3.8, 4) is 29.4 Å². The number of hydrogen-bond donors (Lipinski definition) is 1. The van der Waals surface area contributed by atoms with Gasteiger partial charge in [-0.2, -0.15) is 0 Å². The van der Waals surface area contributed by atoms with Gasteiger partial charge in [0.15, 0.2) is 0 Å². The van der Waals surface area contributed by atoms with Crippen LogP contribution in [0.25, 0.3) is 11.3 Å². The predicted octanol–water partition coefficient (Wildman–Crippen LogP) is 2.73. The van der Waals surface area contributed by atoms with Crippen molar-refractivity contribution in [1.82, 2.24) is 9.55 Å². The summed E-state index contributed by atoms with van der Waals surface area (Å²) in [5, 5.41) is 0. The van der Waals surface area contributed by atoms with Crippen molar-refractivity contribution in [1.29, 1.82) is 0 Å². The van der Waals surface area contributed by atoms with Gasteiger partial charge in [0.25, 0.3) is 0 Å². The molecule has 4 nitrogen and oxygen atoms in total. The van der Waals surface area contributed by atoms with Crippen molar-refractivity contribution in [3.63, 3.8) is 0 Å². The van der Waals surface area contributed by atoms with Crippen molar-refractivity contribution in [2.24, 2.45) is 0 Å². The molecule has 2 aromatic rings. The SMILES string of the molecule is C#CCn1c(CCC)nc(-c2ccc(OC)cc2)c1N. The molecule has 1 heterocycles. The van der Waals surface area contributed by atoms with Crippen molar-refractivity contribution < 1.29 is 4.74 Å². The Morgan fingerprint density at radius 1 is 1.35 bits per heavy atom. The van der Waals surface area contributed by atoms with Crippen LogP contribution in [0, 0.1) is 12.3 Å². The number of imidazole rings is 1. The number of terminal acetylenes is 1. The Labute approximate surface area is 119 Å². The van der Waals surface area contributed by atoms with Gasteiger partial charge >= 0.3 is 0 Å². The number of benzene rings is 1. The summed E-state index contributed by atoms with van der Waals surface area (Å²) in [5.74, 6) is 5.00. The van der Waals surface area contributed by atoms with E-state index in [0.29, 0.717) is 12.4 Å². The van der Waals surface area contributed by atoms with Gasteiger partial charge in [-0.05, 0) is 30.7 Å². The number of hydrogen-bond acceptors (Lipinski definition) is 3. The molecule has 2 N–H and O–H groups in total. The first kappa shape index (κ1) is 14.0. The molecule has 2 rings (SSSR count). The van der Waals surface area contributed by atoms with Crippen LogP contribution in [0.15, 0.2) is 24.3 Å². The van der Waals surface area contributed by atoms with E-state index in [1.165, 1.54) is 0 Å². The normalized spacial score (nSPS) is 10.2. The molecule has 0 atom stereocenters. The average molecular weight is 269 g/mol. The highest BCUT2D eigenvalue weighted by Gasteiger charge is 2.15. The number of methoxy groups -OCH3 is 1. The number of aromatic nitrogens is 2. The number of ether oxygens (including phenoxy) is 1. The van der Waals surface area contributed by atoms with Crippen molar-refractivity contribution >= 4 is 5.82 Å². The minimum absolute atomic E-state index is 0.449. The molecule has 0 amide bonds. The van der Waals surface area contributed by atoms with E-state index in [1.807, 2.05) is 28.8 Å². The van der Waals surface area contributed by atoms with Crippen LogP contribution in [0.5, 0.6) is 5.75 Å². The lowest BCUT2D eigenvalue weighted by molar-refractivity contribution is 0.415. The van der Waals surface area contributed by atoms with Crippen LogP contribution in [-0.4, -0.2) is 16.7 Å². The number of anilines is 1. The summed E-state index contributed by atoms with van der Waals surface area (Å²) in [6.45, 7) is 2.56. The topological polar surface area (TPSA) is 53.1 Å². The number of aryl methyl sites for hydroxylation is 1. The highest BCUT2D eigenvalue weighted by Crippen LogP contribution is 2.28. The van der Waals surface area contributed by atoms with Crippen molar-refractivity contribution in [2.45, 2.75) is 26.3 Å². The Bertz CT molecular complexity index is 620. The molecule has 0 bridgehead atoms. The fourth-order valence-corrected chi connectivity index (χ4v) is 2.16. The van der Waals surface area contributed by atoms with Crippen LogP contribution in [-0.2, 0) is 13.0 Å². The second-order valence-electron chi connectivity index (χ2n) is 4.53. The molecule has 0 spiro atoms. The molecule has 104 valence electrons. The molecule has 0 saturated heterocycles. The van der Waals surface area contributed by atoms with Gasteiger partial charge in [0, 0.05) is 12.0 Å². The fourth-order valence-electron chi connectivity index (χ4n) is 2.16. The third kappa shape index (κ3) is 2.62. The lowest BCUT2D eigenvalue weighted by Gasteiger charge is -2.05. The molecule has 1 aromatic heterocycles. The van der Waals surface area contributed by atoms with Gasteiger partial charge < -0.3 is 15.0 Å². The van der Waals surface area contributed by atoms with E-state index in [9.17, 15) is 0 Å². The highest BCUT2D eigenvalue weighted by atomic mass is 16.5. The largest absolute Gasteiger partial charge is 0.497 e. The molecule has 0 fully saturated rings. The lowest BCUT2D eigenvalue weighted by atomic mass is 10.1. The van der Waals surface area contributed by atoms with Crippen LogP contribution in [0.3, 0.4) is 0 Å². The van der Waals surface area contributed by atoms with E-state index in [4.69, 9.17) is 16.9 Å². The zero-order chi connectivity index (χ0) is 14.5. The third-order valence-electron chi connectivity index (χ3n) is 3.17. The van der Waals surface area contributed by atoms with Crippen LogP contribution >= 0.6 is 0 Å².